The molecule has 70 heavy (non-hydrogen) atoms. The Hall–Kier alpha value is -3.09. The van der Waals surface area contributed by atoms with Crippen LogP contribution in [0.15, 0.2) is 97.2 Å². The summed E-state index contributed by atoms with van der Waals surface area (Å²) in [5.74, 6) is -0.271. The zero-order chi connectivity index (χ0) is 51.0. The smallest absolute Gasteiger partial charge is 0.220 e. The molecule has 14 nitrogen and oxygen atoms in total. The second kappa shape index (κ2) is 41.4. The van der Waals surface area contributed by atoms with Crippen LogP contribution >= 0.6 is 0 Å². The Morgan fingerprint density at radius 2 is 1.00 bits per heavy atom. The molecule has 2 aliphatic heterocycles. The molecule has 2 aliphatic rings. The van der Waals surface area contributed by atoms with Gasteiger partial charge in [-0.2, -0.15) is 0 Å². The van der Waals surface area contributed by atoms with Gasteiger partial charge in [-0.1, -0.05) is 156 Å². The van der Waals surface area contributed by atoms with E-state index in [2.05, 4.69) is 104 Å². The SMILES string of the molecule is CC/C=C\C/C=C\C/C=C\C/C=C\C/C=C\CCCCCCCCCC(=O)NC(COC1OC(CO)C(OC2OC(CO)C(O)C(O)C2O)C(O)C1O)C(O)/C=C/CC/C=C/CC/C=C/CCCCC. The van der Waals surface area contributed by atoms with Crippen LogP contribution in [0.25, 0.3) is 0 Å². The van der Waals surface area contributed by atoms with Gasteiger partial charge in [-0.15, -0.1) is 0 Å². The molecule has 2 fully saturated rings. The molecule has 2 rings (SSSR count). The van der Waals surface area contributed by atoms with Crippen molar-refractivity contribution >= 4 is 5.91 Å². The summed E-state index contributed by atoms with van der Waals surface area (Å²) in [7, 11) is 0. The average Bonchev–Trinajstić information content (AvgIpc) is 3.36. The van der Waals surface area contributed by atoms with Gasteiger partial charge in [-0.05, 0) is 89.9 Å². The third-order valence-electron chi connectivity index (χ3n) is 12.2. The van der Waals surface area contributed by atoms with Crippen LogP contribution in [-0.4, -0.2) is 140 Å². The second-order valence-electron chi connectivity index (χ2n) is 18.2. The molecule has 1 amide bonds. The highest BCUT2D eigenvalue weighted by molar-refractivity contribution is 5.76. The molecule has 12 unspecified atom stereocenters. The monoisotopic (exact) mass is 988 g/mol. The molecule has 0 aromatic carbocycles. The Morgan fingerprint density at radius 3 is 1.57 bits per heavy atom. The van der Waals surface area contributed by atoms with Gasteiger partial charge in [0.1, 0.15) is 48.8 Å². The van der Waals surface area contributed by atoms with Crippen molar-refractivity contribution in [3.63, 3.8) is 0 Å². The lowest BCUT2D eigenvalue weighted by atomic mass is 9.97. The standard InChI is InChI=1S/C56H93NO13/c1-3-5-7-9-11-13-15-17-18-19-20-21-22-23-24-25-26-28-30-32-34-36-38-40-48(61)57-44(45(60)39-37-35-33-31-29-27-16-14-12-10-8-6-4-2)43-67-55-53(66)51(64)54(47(42-59)69-55)70-56-52(65)50(63)49(62)46(41-58)68-56/h5,7,11-14,17-18,20-21,23-24,29,31,37,39,44-47,49-56,58-60,62-66H,3-4,6,8-10,15-16,19,22,25-28,30,32-36,38,40-43H2,1-2H3,(H,57,61)/b7-5-,13-11-,14-12+,18-17-,21-20-,24-23-,31-29+,39-37+. The molecule has 0 bridgehead atoms. The van der Waals surface area contributed by atoms with Crippen LogP contribution in [0.3, 0.4) is 0 Å². The van der Waals surface area contributed by atoms with E-state index < -0.39 is 86.8 Å². The van der Waals surface area contributed by atoms with Gasteiger partial charge in [-0.3, -0.25) is 4.79 Å². The summed E-state index contributed by atoms with van der Waals surface area (Å²) >= 11 is 0. The fourth-order valence-corrected chi connectivity index (χ4v) is 7.93. The van der Waals surface area contributed by atoms with Crippen LogP contribution in [0.4, 0.5) is 0 Å². The summed E-state index contributed by atoms with van der Waals surface area (Å²) in [5.41, 5.74) is 0. The highest BCUT2D eigenvalue weighted by atomic mass is 16.7. The third kappa shape index (κ3) is 27.7. The number of unbranched alkanes of at least 4 members (excludes halogenated alkanes) is 12. The summed E-state index contributed by atoms with van der Waals surface area (Å²) in [6, 6.07) is -0.949. The first kappa shape index (κ1) is 63.0. The minimum atomic E-state index is -1.80. The highest BCUT2D eigenvalue weighted by Crippen LogP contribution is 2.30. The number of ether oxygens (including phenoxy) is 4. The van der Waals surface area contributed by atoms with Crippen LogP contribution in [0.2, 0.25) is 0 Å². The summed E-state index contributed by atoms with van der Waals surface area (Å²) in [4.78, 5) is 13.2. The van der Waals surface area contributed by atoms with Gasteiger partial charge in [0.2, 0.25) is 5.91 Å². The fourth-order valence-electron chi connectivity index (χ4n) is 7.93. The lowest BCUT2D eigenvalue weighted by Gasteiger charge is -2.46. The fraction of sp³-hybridized carbons (Fsp3) is 0.696. The van der Waals surface area contributed by atoms with E-state index >= 15 is 0 Å². The molecule has 0 aliphatic carbocycles. The number of nitrogens with one attached hydrogen (secondary N) is 1. The Bertz CT molecular complexity index is 1540. The molecular weight excluding hydrogens is 895 g/mol. The van der Waals surface area contributed by atoms with Crippen molar-refractivity contribution in [2.45, 2.75) is 229 Å². The van der Waals surface area contributed by atoms with E-state index in [0.717, 1.165) is 103 Å². The Labute approximate surface area is 420 Å². The number of amides is 1. The molecule has 12 atom stereocenters. The van der Waals surface area contributed by atoms with Crippen molar-refractivity contribution in [2.75, 3.05) is 19.8 Å². The van der Waals surface area contributed by atoms with Crippen molar-refractivity contribution < 1.29 is 64.6 Å². The van der Waals surface area contributed by atoms with Crippen molar-refractivity contribution in [3.8, 4) is 0 Å². The predicted octanol–water partition coefficient (Wildman–Crippen LogP) is 7.54. The van der Waals surface area contributed by atoms with Gasteiger partial charge < -0.3 is 65.1 Å². The van der Waals surface area contributed by atoms with Crippen molar-refractivity contribution in [2.24, 2.45) is 0 Å². The number of aliphatic hydroxyl groups is 8. The lowest BCUT2D eigenvalue weighted by molar-refractivity contribution is -0.359. The number of allylic oxidation sites excluding steroid dienone is 15. The van der Waals surface area contributed by atoms with E-state index in [-0.39, 0.29) is 18.9 Å². The van der Waals surface area contributed by atoms with E-state index in [0.29, 0.717) is 12.8 Å². The number of carbonyl (C=O) groups is 1. The lowest BCUT2D eigenvalue weighted by Crippen LogP contribution is -2.65. The highest BCUT2D eigenvalue weighted by Gasteiger charge is 2.51. The first-order valence-corrected chi connectivity index (χ1v) is 26.5. The van der Waals surface area contributed by atoms with E-state index in [1.165, 1.54) is 19.3 Å². The average molecular weight is 988 g/mol. The molecule has 400 valence electrons. The van der Waals surface area contributed by atoms with Crippen LogP contribution < -0.4 is 5.32 Å². The molecule has 0 radical (unpaired) electrons. The number of aliphatic hydroxyl groups excluding tert-OH is 8. The Balaban J connectivity index is 1.82. The van der Waals surface area contributed by atoms with Crippen molar-refractivity contribution in [1.82, 2.24) is 5.32 Å². The maximum Gasteiger partial charge on any atom is 0.220 e. The quantitative estimate of drug-likeness (QED) is 0.0215. The van der Waals surface area contributed by atoms with Crippen LogP contribution in [0.1, 0.15) is 155 Å². The first-order valence-electron chi connectivity index (χ1n) is 26.5. The molecule has 2 heterocycles. The van der Waals surface area contributed by atoms with Gasteiger partial charge in [-0.25, -0.2) is 0 Å². The molecule has 9 N–H and O–H groups in total. The molecule has 2 saturated heterocycles. The van der Waals surface area contributed by atoms with Gasteiger partial charge in [0, 0.05) is 6.42 Å². The topological polar surface area (TPSA) is 228 Å². The number of carbonyl (C=O) groups excluding carboxylic acids is 1. The maximum absolute atomic E-state index is 13.2. The Kier molecular flexibility index (Phi) is 37.3. The minimum absolute atomic E-state index is 0.251. The van der Waals surface area contributed by atoms with E-state index in [4.69, 9.17) is 18.9 Å². The number of hydrogen-bond acceptors (Lipinski definition) is 13. The first-order chi connectivity index (χ1) is 34.1. The Morgan fingerprint density at radius 1 is 0.529 bits per heavy atom. The van der Waals surface area contributed by atoms with Crippen molar-refractivity contribution in [3.05, 3.63) is 97.2 Å². The van der Waals surface area contributed by atoms with Crippen LogP contribution in [0, 0.1) is 0 Å². The van der Waals surface area contributed by atoms with Gasteiger partial charge in [0.05, 0.1) is 32.0 Å². The van der Waals surface area contributed by atoms with Crippen LogP contribution in [-0.2, 0) is 23.7 Å². The molecule has 0 aromatic heterocycles. The zero-order valence-corrected chi connectivity index (χ0v) is 42.5. The number of hydrogen-bond donors (Lipinski definition) is 9. The van der Waals surface area contributed by atoms with E-state index in [1.807, 2.05) is 6.08 Å². The molecule has 0 aromatic rings. The largest absolute Gasteiger partial charge is 0.394 e. The van der Waals surface area contributed by atoms with E-state index in [9.17, 15) is 45.6 Å². The number of rotatable bonds is 39. The van der Waals surface area contributed by atoms with Gasteiger partial charge in [0.25, 0.3) is 0 Å². The summed E-state index contributed by atoms with van der Waals surface area (Å²) in [6.07, 6.45) is 38.7. The molecular formula is C56H93NO13. The summed E-state index contributed by atoms with van der Waals surface area (Å²) < 4.78 is 22.7. The van der Waals surface area contributed by atoms with Gasteiger partial charge in [0.15, 0.2) is 12.6 Å². The summed E-state index contributed by atoms with van der Waals surface area (Å²) in [6.45, 7) is 2.58. The predicted molar refractivity (Wildman–Crippen MR) is 276 cm³/mol. The maximum atomic E-state index is 13.2. The minimum Gasteiger partial charge on any atom is -0.394 e. The van der Waals surface area contributed by atoms with E-state index in [1.54, 1.807) is 6.08 Å². The summed E-state index contributed by atoms with van der Waals surface area (Å²) in [5, 5.41) is 86.7. The molecule has 0 saturated carbocycles. The van der Waals surface area contributed by atoms with Gasteiger partial charge >= 0.3 is 0 Å². The normalized spacial score (nSPS) is 26.8. The molecule has 0 spiro atoms. The zero-order valence-electron chi connectivity index (χ0n) is 42.5. The third-order valence-corrected chi connectivity index (χ3v) is 12.2. The van der Waals surface area contributed by atoms with Crippen molar-refractivity contribution in [1.29, 1.82) is 0 Å². The second-order valence-corrected chi connectivity index (χ2v) is 18.2. The van der Waals surface area contributed by atoms with Crippen LogP contribution in [0.5, 0.6) is 0 Å². The molecule has 14 heteroatoms.